The second kappa shape index (κ2) is 15.3. The van der Waals surface area contributed by atoms with E-state index in [1.807, 2.05) is 0 Å². The van der Waals surface area contributed by atoms with Crippen molar-refractivity contribution in [3.8, 4) is 0 Å². The van der Waals surface area contributed by atoms with Gasteiger partial charge in [-0.1, -0.05) is 165 Å². The molecule has 3 aromatic carbocycles. The highest BCUT2D eigenvalue weighted by atomic mass is 15.2. The van der Waals surface area contributed by atoms with Crippen molar-refractivity contribution in [2.24, 2.45) is 35.5 Å². The zero-order valence-corrected chi connectivity index (χ0v) is 35.6. The first-order valence-electron chi connectivity index (χ1n) is 23.8. The van der Waals surface area contributed by atoms with Gasteiger partial charge in [-0.2, -0.15) is 0 Å². The van der Waals surface area contributed by atoms with E-state index in [-0.39, 0.29) is 10.8 Å². The van der Waals surface area contributed by atoms with Gasteiger partial charge in [0.1, 0.15) is 0 Å². The van der Waals surface area contributed by atoms with Gasteiger partial charge in [-0.25, -0.2) is 0 Å². The molecule has 59 heavy (non-hydrogen) atoms. The lowest BCUT2D eigenvalue weighted by molar-refractivity contribution is 0.0719. The summed E-state index contributed by atoms with van der Waals surface area (Å²) in [7, 11) is 0. The largest absolute Gasteiger partial charge is 0.362 e. The van der Waals surface area contributed by atoms with Crippen LogP contribution >= 0.6 is 0 Å². The third kappa shape index (κ3) is 6.22. The van der Waals surface area contributed by atoms with Crippen LogP contribution in [0.2, 0.25) is 0 Å². The second-order valence-corrected chi connectivity index (χ2v) is 20.4. The summed E-state index contributed by atoms with van der Waals surface area (Å²) in [5, 5.41) is 0. The first kappa shape index (κ1) is 37.6. The molecule has 0 aromatic heterocycles. The monoisotopic (exact) mass is 776 g/mol. The average Bonchev–Trinajstić information content (AvgIpc) is 3.73. The van der Waals surface area contributed by atoms with Gasteiger partial charge in [0, 0.05) is 35.0 Å². The van der Waals surface area contributed by atoms with Gasteiger partial charge in [0.15, 0.2) is 0 Å². The van der Waals surface area contributed by atoms with Crippen LogP contribution in [0.1, 0.15) is 131 Å². The van der Waals surface area contributed by atoms with Crippen molar-refractivity contribution < 1.29 is 0 Å². The molecule has 0 bridgehead atoms. The van der Waals surface area contributed by atoms with E-state index in [2.05, 4.69) is 171 Å². The van der Waals surface area contributed by atoms with E-state index in [1.165, 1.54) is 76.3 Å². The molecule has 11 rings (SSSR count). The summed E-state index contributed by atoms with van der Waals surface area (Å²) < 4.78 is 0. The molecule has 0 heterocycles. The summed E-state index contributed by atoms with van der Waals surface area (Å²) >= 11 is 0. The Hall–Kier alpha value is -4.36. The van der Waals surface area contributed by atoms with E-state index < -0.39 is 0 Å². The van der Waals surface area contributed by atoms with E-state index in [0.29, 0.717) is 47.6 Å². The summed E-state index contributed by atoms with van der Waals surface area (Å²) in [5.41, 5.74) is 11.1. The maximum Gasteiger partial charge on any atom is 0.0479 e. The highest BCUT2D eigenvalue weighted by Gasteiger charge is 2.57. The number of rotatable bonds is 7. The molecule has 1 saturated carbocycles. The molecule has 0 N–H and O–H groups in total. The van der Waals surface area contributed by atoms with Crippen LogP contribution in [0, 0.1) is 35.5 Å². The van der Waals surface area contributed by atoms with E-state index in [9.17, 15) is 0 Å². The van der Waals surface area contributed by atoms with Crippen molar-refractivity contribution in [3.63, 3.8) is 0 Å². The van der Waals surface area contributed by atoms with Crippen molar-refractivity contribution in [2.45, 2.75) is 126 Å². The molecule has 11 unspecified atom stereocenters. The van der Waals surface area contributed by atoms with E-state index in [1.54, 1.807) is 33.4 Å². The smallest absolute Gasteiger partial charge is 0.0479 e. The zero-order chi connectivity index (χ0) is 39.6. The summed E-state index contributed by atoms with van der Waals surface area (Å²) in [4.78, 5) is 3.07. The number of fused-ring (bicyclic) bond motifs is 6. The Morgan fingerprint density at radius 1 is 0.627 bits per heavy atom. The highest BCUT2D eigenvalue weighted by Crippen LogP contribution is 2.63. The molecule has 3 aromatic rings. The van der Waals surface area contributed by atoms with Crippen LogP contribution in [-0.4, -0.2) is 17.0 Å². The van der Waals surface area contributed by atoms with Crippen molar-refractivity contribution in [1.29, 1.82) is 0 Å². The van der Waals surface area contributed by atoms with Gasteiger partial charge < -0.3 is 4.90 Å². The molecule has 302 valence electrons. The Morgan fingerprint density at radius 3 is 2.24 bits per heavy atom. The molecule has 0 spiro atoms. The fourth-order valence-electron chi connectivity index (χ4n) is 14.8. The van der Waals surface area contributed by atoms with Gasteiger partial charge in [0.2, 0.25) is 0 Å². The van der Waals surface area contributed by atoms with Gasteiger partial charge in [-0.15, -0.1) is 0 Å². The van der Waals surface area contributed by atoms with Gasteiger partial charge in [0.25, 0.3) is 0 Å². The fraction of sp³-hybridized carbons (Fsp3) is 0.448. The number of benzene rings is 3. The minimum absolute atomic E-state index is 0.00968. The number of hydrogen-bond donors (Lipinski definition) is 0. The normalized spacial score (nSPS) is 36.2. The molecule has 8 aliphatic rings. The first-order chi connectivity index (χ1) is 29.0. The highest BCUT2D eigenvalue weighted by molar-refractivity contribution is 5.55. The van der Waals surface area contributed by atoms with Crippen LogP contribution in [-0.2, 0) is 10.8 Å². The zero-order valence-electron chi connectivity index (χ0n) is 35.6. The molecule has 0 saturated heterocycles. The molecule has 0 radical (unpaired) electrons. The topological polar surface area (TPSA) is 3.24 Å². The summed E-state index contributed by atoms with van der Waals surface area (Å²) in [6.45, 7) is 5.04. The number of hydrogen-bond acceptors (Lipinski definition) is 1. The third-order valence-corrected chi connectivity index (χ3v) is 17.3. The molecular formula is C58H65N. The van der Waals surface area contributed by atoms with Crippen LogP contribution in [0.25, 0.3) is 0 Å². The molecule has 8 aliphatic carbocycles. The predicted octanol–water partition coefficient (Wildman–Crippen LogP) is 14.2. The summed E-state index contributed by atoms with van der Waals surface area (Å²) in [5.74, 6) is 4.74. The molecule has 1 heteroatoms. The molecule has 0 amide bonds. The number of allylic oxidation sites excluding steroid dienone is 12. The molecule has 1 nitrogen and oxygen atoms in total. The Kier molecular flexibility index (Phi) is 9.74. The van der Waals surface area contributed by atoms with Crippen LogP contribution in [0.4, 0.5) is 0 Å². The quantitative estimate of drug-likeness (QED) is 0.216. The maximum atomic E-state index is 3.07. The van der Waals surface area contributed by atoms with E-state index in [4.69, 9.17) is 0 Å². The molecular weight excluding hydrogens is 711 g/mol. The molecule has 1 fully saturated rings. The lowest BCUT2D eigenvalue weighted by atomic mass is 9.56. The van der Waals surface area contributed by atoms with Gasteiger partial charge >= 0.3 is 0 Å². The van der Waals surface area contributed by atoms with Crippen molar-refractivity contribution in [2.75, 3.05) is 0 Å². The Labute approximate surface area is 355 Å². The van der Waals surface area contributed by atoms with Crippen molar-refractivity contribution >= 4 is 0 Å². The minimum Gasteiger partial charge on any atom is -0.362 e. The minimum atomic E-state index is -0.00968. The van der Waals surface area contributed by atoms with Crippen LogP contribution in [0.15, 0.2) is 163 Å². The van der Waals surface area contributed by atoms with Crippen LogP contribution in [0.3, 0.4) is 0 Å². The molecule has 11 atom stereocenters. The maximum absolute atomic E-state index is 3.07. The van der Waals surface area contributed by atoms with Crippen LogP contribution in [0.5, 0.6) is 0 Å². The van der Waals surface area contributed by atoms with Crippen molar-refractivity contribution in [1.82, 2.24) is 4.90 Å². The predicted molar refractivity (Wildman–Crippen MR) is 246 cm³/mol. The third-order valence-electron chi connectivity index (χ3n) is 17.3. The van der Waals surface area contributed by atoms with E-state index in [0.717, 1.165) is 18.3 Å². The first-order valence-corrected chi connectivity index (χ1v) is 23.8. The second-order valence-electron chi connectivity index (χ2n) is 20.4. The van der Waals surface area contributed by atoms with Crippen molar-refractivity contribution in [3.05, 3.63) is 191 Å². The van der Waals surface area contributed by atoms with E-state index >= 15 is 0 Å². The fourth-order valence-corrected chi connectivity index (χ4v) is 14.8. The number of nitrogens with zero attached hydrogens (tertiary/aromatic N) is 1. The standard InChI is InChI=1S/C58H65N/c1-57(2)53-30-15-12-27-49(53)52-34-33-47(39-56(52)57)59(48-36-42(40-19-6-3-7-20-40)35-43(37-48)41-21-8-4-9-22-41)46-26-18-25-45(38-46)58(44-23-10-5-11-24-44)54-31-16-13-28-50(54)51-29-14-17-32-55(51)58/h3-6,8,10-16,18-19,23-24,26-31,33-34,39,41-43,45-46,48,51-52,55-56H,7,9,17,20-22,25,32,35-38H2,1-2H3. The Bertz CT molecular complexity index is 2260. The lowest BCUT2D eigenvalue weighted by Crippen LogP contribution is -2.51. The lowest BCUT2D eigenvalue weighted by Gasteiger charge is -2.52. The molecule has 0 aliphatic heterocycles. The van der Waals surface area contributed by atoms with Gasteiger partial charge in [-0.3, -0.25) is 0 Å². The average molecular weight is 776 g/mol. The summed E-state index contributed by atoms with van der Waals surface area (Å²) in [6, 6.07) is 31.7. The Morgan fingerprint density at radius 2 is 1.42 bits per heavy atom. The summed E-state index contributed by atoms with van der Waals surface area (Å²) in [6.07, 6.45) is 45.7. The Balaban J connectivity index is 1.03. The SMILES string of the molecule is CC1(C)c2ccccc2C2C=CC(N(C3C=CCC(C4(c5ccccc5)c5ccccc5C5C=CCCC54)C3)C3CC(C4=CC=CCC4)CC(C4CC=CCC4)C3)=CC21. The van der Waals surface area contributed by atoms with Crippen LogP contribution < -0.4 is 0 Å². The van der Waals surface area contributed by atoms with Gasteiger partial charge in [-0.05, 0) is 152 Å². The van der Waals surface area contributed by atoms with Gasteiger partial charge in [0.05, 0.1) is 0 Å².